The maximum atomic E-state index is 11.9. The molecule has 3 heterocycles. The number of aromatic nitrogens is 5. The predicted molar refractivity (Wildman–Crippen MR) is 79.2 cm³/mol. The van der Waals surface area contributed by atoms with Crippen molar-refractivity contribution in [3.05, 3.63) is 29.7 Å². The number of amides is 1. The van der Waals surface area contributed by atoms with Crippen molar-refractivity contribution in [3.63, 3.8) is 0 Å². The van der Waals surface area contributed by atoms with Gasteiger partial charge in [-0.15, -0.1) is 0 Å². The molecule has 0 bridgehead atoms. The lowest BCUT2D eigenvalue weighted by atomic mass is 10.2. The Hall–Kier alpha value is -2.77. The van der Waals surface area contributed by atoms with E-state index in [1.807, 2.05) is 13.0 Å². The summed E-state index contributed by atoms with van der Waals surface area (Å²) in [5.41, 5.74) is 2.23. The summed E-state index contributed by atoms with van der Waals surface area (Å²) < 4.78 is 5.00. The quantitative estimate of drug-likeness (QED) is 0.745. The molecule has 0 unspecified atom stereocenters. The fraction of sp³-hybridized carbons (Fsp3) is 0.357. The van der Waals surface area contributed by atoms with E-state index in [2.05, 4.69) is 30.6 Å². The second kappa shape index (κ2) is 5.92. The summed E-state index contributed by atoms with van der Waals surface area (Å²) in [5.74, 6) is 1.09. The minimum atomic E-state index is -0.0708. The van der Waals surface area contributed by atoms with Crippen LogP contribution in [0.25, 0.3) is 11.0 Å². The number of fused-ring (bicyclic) bond motifs is 1. The van der Waals surface area contributed by atoms with E-state index in [-0.39, 0.29) is 5.91 Å². The highest BCUT2D eigenvalue weighted by molar-refractivity contribution is 5.92. The average Bonchev–Trinajstić information content (AvgIpc) is 3.06. The molecule has 22 heavy (non-hydrogen) atoms. The van der Waals surface area contributed by atoms with E-state index in [0.29, 0.717) is 42.3 Å². The number of hydrogen-bond donors (Lipinski definition) is 2. The van der Waals surface area contributed by atoms with E-state index in [1.165, 1.54) is 0 Å². The lowest BCUT2D eigenvalue weighted by Gasteiger charge is -2.04. The topological polar surface area (TPSA) is 110 Å². The number of carbonyl (C=O) groups is 1. The molecule has 0 spiro atoms. The highest BCUT2D eigenvalue weighted by Crippen LogP contribution is 2.17. The molecule has 2 N–H and O–H groups in total. The maximum absolute atomic E-state index is 11.9. The molecular formula is C14H16N6O2. The lowest BCUT2D eigenvalue weighted by Crippen LogP contribution is -2.11. The van der Waals surface area contributed by atoms with E-state index in [1.54, 1.807) is 13.1 Å². The molecule has 0 saturated carbocycles. The molecule has 3 rings (SSSR count). The zero-order valence-corrected chi connectivity index (χ0v) is 12.4. The van der Waals surface area contributed by atoms with Crippen LogP contribution in [0.2, 0.25) is 0 Å². The maximum Gasteiger partial charge on any atom is 0.226 e. The molecule has 0 atom stereocenters. The minimum absolute atomic E-state index is 0.0708. The standard InChI is InChI=1S/C14H16N6O2/c1-8-11-6-10(7-15-14(11)19-18-8)17-12(21)4-3-5-13-16-9(2)20-22-13/h6-7H,3-5H2,1-2H3,(H,17,21)(H,15,18,19). The molecule has 0 aromatic carbocycles. The van der Waals surface area contributed by atoms with Crippen LogP contribution in [0.1, 0.15) is 30.3 Å². The monoisotopic (exact) mass is 300 g/mol. The van der Waals surface area contributed by atoms with E-state index in [0.717, 1.165) is 11.1 Å². The zero-order chi connectivity index (χ0) is 15.5. The summed E-state index contributed by atoms with van der Waals surface area (Å²) in [6.07, 6.45) is 3.21. The Kier molecular flexibility index (Phi) is 3.82. The van der Waals surface area contributed by atoms with Crippen molar-refractivity contribution in [3.8, 4) is 0 Å². The summed E-state index contributed by atoms with van der Waals surface area (Å²) in [5, 5.41) is 14.4. The van der Waals surface area contributed by atoms with Crippen molar-refractivity contribution >= 4 is 22.6 Å². The van der Waals surface area contributed by atoms with E-state index in [4.69, 9.17) is 4.52 Å². The molecule has 1 amide bonds. The smallest absolute Gasteiger partial charge is 0.226 e. The molecule has 114 valence electrons. The predicted octanol–water partition coefficient (Wildman–Crippen LogP) is 1.92. The van der Waals surface area contributed by atoms with Gasteiger partial charge >= 0.3 is 0 Å². The van der Waals surface area contributed by atoms with Gasteiger partial charge in [0, 0.05) is 23.9 Å². The molecule has 3 aromatic heterocycles. The fourth-order valence-corrected chi connectivity index (χ4v) is 2.15. The van der Waals surface area contributed by atoms with Crippen molar-refractivity contribution in [1.82, 2.24) is 25.3 Å². The van der Waals surface area contributed by atoms with Crippen LogP contribution < -0.4 is 5.32 Å². The minimum Gasteiger partial charge on any atom is -0.339 e. The molecule has 0 aliphatic carbocycles. The second-order valence-electron chi connectivity index (χ2n) is 5.08. The summed E-state index contributed by atoms with van der Waals surface area (Å²) in [7, 11) is 0. The van der Waals surface area contributed by atoms with Gasteiger partial charge < -0.3 is 9.84 Å². The van der Waals surface area contributed by atoms with Gasteiger partial charge in [0.25, 0.3) is 0 Å². The van der Waals surface area contributed by atoms with Gasteiger partial charge in [-0.1, -0.05) is 5.16 Å². The number of anilines is 1. The Bertz CT molecular complexity index is 807. The number of aryl methyl sites for hydroxylation is 3. The number of H-pyrrole nitrogens is 1. The summed E-state index contributed by atoms with van der Waals surface area (Å²) >= 11 is 0. The van der Waals surface area contributed by atoms with Gasteiger partial charge in [-0.3, -0.25) is 9.89 Å². The second-order valence-corrected chi connectivity index (χ2v) is 5.08. The van der Waals surface area contributed by atoms with E-state index in [9.17, 15) is 4.79 Å². The molecule has 0 aliphatic heterocycles. The molecule has 8 heteroatoms. The highest BCUT2D eigenvalue weighted by Gasteiger charge is 2.08. The molecule has 0 aliphatic rings. The van der Waals surface area contributed by atoms with Gasteiger partial charge in [-0.25, -0.2) is 4.98 Å². The Morgan fingerprint density at radius 1 is 1.41 bits per heavy atom. The largest absolute Gasteiger partial charge is 0.339 e. The van der Waals surface area contributed by atoms with Gasteiger partial charge in [0.1, 0.15) is 0 Å². The first-order valence-corrected chi connectivity index (χ1v) is 7.01. The first-order valence-electron chi connectivity index (χ1n) is 7.01. The third-order valence-corrected chi connectivity index (χ3v) is 3.25. The van der Waals surface area contributed by atoms with Crippen LogP contribution in [0.3, 0.4) is 0 Å². The highest BCUT2D eigenvalue weighted by atomic mass is 16.5. The number of aromatic amines is 1. The van der Waals surface area contributed by atoms with Gasteiger partial charge in [0.15, 0.2) is 11.5 Å². The Balaban J connectivity index is 1.55. The van der Waals surface area contributed by atoms with Gasteiger partial charge in [-0.2, -0.15) is 10.1 Å². The number of hydrogen-bond acceptors (Lipinski definition) is 6. The van der Waals surface area contributed by atoms with Crippen LogP contribution >= 0.6 is 0 Å². The third kappa shape index (κ3) is 3.11. The zero-order valence-electron chi connectivity index (χ0n) is 12.4. The van der Waals surface area contributed by atoms with E-state index < -0.39 is 0 Å². The SMILES string of the molecule is Cc1noc(CCCC(=O)Nc2cnc3n[nH]c(C)c3c2)n1. The van der Waals surface area contributed by atoms with Crippen LogP contribution in [0.5, 0.6) is 0 Å². The van der Waals surface area contributed by atoms with Gasteiger partial charge in [0.2, 0.25) is 11.8 Å². The summed E-state index contributed by atoms with van der Waals surface area (Å²) in [6, 6.07) is 1.86. The van der Waals surface area contributed by atoms with Crippen LogP contribution in [0.4, 0.5) is 5.69 Å². The summed E-state index contributed by atoms with van der Waals surface area (Å²) in [6.45, 7) is 3.68. The van der Waals surface area contributed by atoms with Crippen LogP contribution in [0, 0.1) is 13.8 Å². The van der Waals surface area contributed by atoms with Gasteiger partial charge in [0.05, 0.1) is 11.9 Å². The molecule has 3 aromatic rings. The normalized spacial score (nSPS) is 11.0. The molecule has 0 saturated heterocycles. The molecular weight excluding hydrogens is 284 g/mol. The van der Waals surface area contributed by atoms with Crippen LogP contribution in [0.15, 0.2) is 16.8 Å². The number of nitrogens with one attached hydrogen (secondary N) is 2. The average molecular weight is 300 g/mol. The van der Waals surface area contributed by atoms with E-state index >= 15 is 0 Å². The molecule has 8 nitrogen and oxygen atoms in total. The Labute approximate surface area is 126 Å². The van der Waals surface area contributed by atoms with Gasteiger partial charge in [-0.05, 0) is 26.3 Å². The molecule has 0 radical (unpaired) electrons. The fourth-order valence-electron chi connectivity index (χ4n) is 2.15. The van der Waals surface area contributed by atoms with Crippen molar-refractivity contribution in [1.29, 1.82) is 0 Å². The Morgan fingerprint density at radius 2 is 2.27 bits per heavy atom. The number of nitrogens with zero attached hydrogens (tertiary/aromatic N) is 4. The third-order valence-electron chi connectivity index (χ3n) is 3.25. The number of rotatable bonds is 5. The summed E-state index contributed by atoms with van der Waals surface area (Å²) in [4.78, 5) is 20.2. The molecule has 0 fully saturated rings. The van der Waals surface area contributed by atoms with Crippen molar-refractivity contribution in [2.75, 3.05) is 5.32 Å². The first-order chi connectivity index (χ1) is 10.6. The van der Waals surface area contributed by atoms with Crippen molar-refractivity contribution < 1.29 is 9.32 Å². The van der Waals surface area contributed by atoms with Crippen LogP contribution in [-0.4, -0.2) is 31.2 Å². The Morgan fingerprint density at radius 3 is 3.05 bits per heavy atom. The lowest BCUT2D eigenvalue weighted by molar-refractivity contribution is -0.116. The number of pyridine rings is 1. The van der Waals surface area contributed by atoms with Crippen molar-refractivity contribution in [2.24, 2.45) is 0 Å². The number of carbonyl (C=O) groups excluding carboxylic acids is 1. The first kappa shape index (κ1) is 14.2. The van der Waals surface area contributed by atoms with Crippen LogP contribution in [-0.2, 0) is 11.2 Å². The van der Waals surface area contributed by atoms with Crippen molar-refractivity contribution in [2.45, 2.75) is 33.1 Å².